The highest BCUT2D eigenvalue weighted by atomic mass is 16.6. The monoisotopic (exact) mass is 300 g/mol. The van der Waals surface area contributed by atoms with Crippen molar-refractivity contribution >= 4 is 6.09 Å². The van der Waals surface area contributed by atoms with Crippen molar-refractivity contribution in [3.05, 3.63) is 0 Å². The zero-order valence-electron chi connectivity index (χ0n) is 14.0. The zero-order chi connectivity index (χ0) is 15.9. The number of nitrogens with one attached hydrogen (secondary N) is 1. The van der Waals surface area contributed by atoms with Crippen LogP contribution < -0.4 is 5.32 Å². The molecule has 21 heavy (non-hydrogen) atoms. The van der Waals surface area contributed by atoms with Crippen molar-refractivity contribution in [2.75, 3.05) is 32.8 Å². The zero-order valence-corrected chi connectivity index (χ0v) is 14.0. The maximum absolute atomic E-state index is 12.0. The maximum atomic E-state index is 12.0. The minimum atomic E-state index is -0.418. The molecule has 0 aromatic rings. The highest BCUT2D eigenvalue weighted by Gasteiger charge is 2.26. The van der Waals surface area contributed by atoms with Crippen LogP contribution in [0.4, 0.5) is 4.79 Å². The average molecular weight is 300 g/mol. The second-order valence-electron chi connectivity index (χ2n) is 7.19. The molecule has 0 saturated carbocycles. The van der Waals surface area contributed by atoms with E-state index in [9.17, 15) is 4.79 Å². The summed E-state index contributed by atoms with van der Waals surface area (Å²) in [7, 11) is 0. The number of hydrogen-bond acceptors (Lipinski definition) is 4. The summed E-state index contributed by atoms with van der Waals surface area (Å²) in [6, 6.07) is 0. The molecule has 1 rings (SSSR count). The fraction of sp³-hybridized carbons (Fsp3) is 0.938. The summed E-state index contributed by atoms with van der Waals surface area (Å²) in [6.07, 6.45) is 2.72. The van der Waals surface area contributed by atoms with Gasteiger partial charge in [0.15, 0.2) is 0 Å². The smallest absolute Gasteiger partial charge is 0.410 e. The Bertz CT molecular complexity index is 307. The summed E-state index contributed by atoms with van der Waals surface area (Å²) < 4.78 is 5.40. The summed E-state index contributed by atoms with van der Waals surface area (Å²) in [5, 5.41) is 12.3. The Morgan fingerprint density at radius 1 is 1.38 bits per heavy atom. The molecule has 0 radical (unpaired) electrons. The largest absolute Gasteiger partial charge is 0.444 e. The van der Waals surface area contributed by atoms with Gasteiger partial charge in [0.05, 0.1) is 0 Å². The van der Waals surface area contributed by atoms with Gasteiger partial charge in [-0.3, -0.25) is 0 Å². The maximum Gasteiger partial charge on any atom is 0.410 e. The molecule has 1 saturated heterocycles. The predicted octanol–water partition coefficient (Wildman–Crippen LogP) is 2.24. The molecule has 0 aromatic carbocycles. The van der Waals surface area contributed by atoms with E-state index in [4.69, 9.17) is 9.84 Å². The normalized spacial score (nSPS) is 18.6. The Morgan fingerprint density at radius 3 is 2.52 bits per heavy atom. The van der Waals surface area contributed by atoms with E-state index in [-0.39, 0.29) is 12.7 Å². The summed E-state index contributed by atoms with van der Waals surface area (Å²) >= 11 is 0. The van der Waals surface area contributed by atoms with Gasteiger partial charge in [0.25, 0.3) is 0 Å². The van der Waals surface area contributed by atoms with E-state index in [1.54, 1.807) is 0 Å². The fourth-order valence-corrected chi connectivity index (χ4v) is 2.50. The Balaban J connectivity index is 2.19. The number of nitrogens with zero attached hydrogens (tertiary/aromatic N) is 1. The van der Waals surface area contributed by atoms with Crippen LogP contribution >= 0.6 is 0 Å². The van der Waals surface area contributed by atoms with Gasteiger partial charge in [0.1, 0.15) is 5.60 Å². The van der Waals surface area contributed by atoms with E-state index in [1.807, 2.05) is 25.7 Å². The molecular formula is C16H32N2O3. The van der Waals surface area contributed by atoms with Gasteiger partial charge >= 0.3 is 6.09 Å². The lowest BCUT2D eigenvalue weighted by Crippen LogP contribution is -2.43. The molecule has 1 heterocycles. The number of carbonyl (C=O) groups excluding carboxylic acids is 1. The summed E-state index contributed by atoms with van der Waals surface area (Å²) in [5.41, 5.74) is -0.418. The van der Waals surface area contributed by atoms with E-state index in [0.29, 0.717) is 11.8 Å². The van der Waals surface area contributed by atoms with Crippen molar-refractivity contribution in [1.82, 2.24) is 10.2 Å². The molecule has 1 aliphatic rings. The van der Waals surface area contributed by atoms with Gasteiger partial charge in [-0.15, -0.1) is 0 Å². The van der Waals surface area contributed by atoms with Gasteiger partial charge in [0, 0.05) is 19.7 Å². The van der Waals surface area contributed by atoms with Crippen LogP contribution in [0.15, 0.2) is 0 Å². The predicted molar refractivity (Wildman–Crippen MR) is 84.3 cm³/mol. The summed E-state index contributed by atoms with van der Waals surface area (Å²) in [4.78, 5) is 13.8. The Labute approximate surface area is 129 Å². The molecule has 5 heteroatoms. The first-order chi connectivity index (χ1) is 9.81. The second kappa shape index (κ2) is 8.59. The Morgan fingerprint density at radius 2 is 2.00 bits per heavy atom. The third kappa shape index (κ3) is 7.67. The quantitative estimate of drug-likeness (QED) is 0.790. The molecule has 2 N–H and O–H groups in total. The lowest BCUT2D eigenvalue weighted by Gasteiger charge is -2.33. The van der Waals surface area contributed by atoms with E-state index in [0.717, 1.165) is 45.4 Å². The molecule has 0 aliphatic carbocycles. The van der Waals surface area contributed by atoms with Gasteiger partial charge in [-0.2, -0.15) is 0 Å². The third-order valence-corrected chi connectivity index (χ3v) is 3.81. The van der Waals surface area contributed by atoms with Crippen molar-refractivity contribution < 1.29 is 14.6 Å². The summed E-state index contributed by atoms with van der Waals surface area (Å²) in [5.74, 6) is 1.14. The number of carbonyl (C=O) groups is 1. The minimum Gasteiger partial charge on any atom is -0.444 e. The molecule has 0 bridgehead atoms. The van der Waals surface area contributed by atoms with Crippen LogP contribution in [-0.4, -0.2) is 54.5 Å². The lowest BCUT2D eigenvalue weighted by atomic mass is 9.96. The van der Waals surface area contributed by atoms with Crippen molar-refractivity contribution in [1.29, 1.82) is 0 Å². The summed E-state index contributed by atoms with van der Waals surface area (Å²) in [6.45, 7) is 11.6. The average Bonchev–Trinajstić information content (AvgIpc) is 2.38. The minimum absolute atomic E-state index is 0.189. The molecule has 0 spiro atoms. The number of hydrogen-bond donors (Lipinski definition) is 2. The Kier molecular flexibility index (Phi) is 7.46. The number of ether oxygens (including phenoxy) is 1. The van der Waals surface area contributed by atoms with E-state index in [2.05, 4.69) is 12.2 Å². The van der Waals surface area contributed by atoms with Crippen LogP contribution in [0.3, 0.4) is 0 Å². The van der Waals surface area contributed by atoms with Crippen molar-refractivity contribution in [2.45, 2.75) is 52.6 Å². The van der Waals surface area contributed by atoms with Crippen LogP contribution in [-0.2, 0) is 4.74 Å². The van der Waals surface area contributed by atoms with Gasteiger partial charge in [-0.1, -0.05) is 6.92 Å². The lowest BCUT2D eigenvalue weighted by molar-refractivity contribution is 0.0184. The van der Waals surface area contributed by atoms with Crippen molar-refractivity contribution in [3.63, 3.8) is 0 Å². The van der Waals surface area contributed by atoms with Gasteiger partial charge in [-0.25, -0.2) is 4.79 Å². The standard InChI is InChI=1S/C16H32N2O3/c1-13(7-10-19)11-17-12-14-5-8-18(9-6-14)15(20)21-16(2,3)4/h13-14,17,19H,5-12H2,1-4H3. The molecule has 5 nitrogen and oxygen atoms in total. The van der Waals surface area contributed by atoms with E-state index in [1.165, 1.54) is 0 Å². The van der Waals surface area contributed by atoms with E-state index < -0.39 is 5.60 Å². The first-order valence-corrected chi connectivity index (χ1v) is 8.11. The molecule has 1 unspecified atom stereocenters. The number of aliphatic hydroxyl groups excluding tert-OH is 1. The topological polar surface area (TPSA) is 61.8 Å². The van der Waals surface area contributed by atoms with Gasteiger partial charge < -0.3 is 20.1 Å². The highest BCUT2D eigenvalue weighted by molar-refractivity contribution is 5.68. The molecule has 0 aromatic heterocycles. The van der Waals surface area contributed by atoms with Crippen LogP contribution in [0.5, 0.6) is 0 Å². The first kappa shape index (κ1) is 18.2. The highest BCUT2D eigenvalue weighted by Crippen LogP contribution is 2.19. The molecular weight excluding hydrogens is 268 g/mol. The van der Waals surface area contributed by atoms with Gasteiger partial charge in [-0.05, 0) is 65.0 Å². The van der Waals surface area contributed by atoms with E-state index >= 15 is 0 Å². The fourth-order valence-electron chi connectivity index (χ4n) is 2.50. The number of piperidine rings is 1. The second-order valence-corrected chi connectivity index (χ2v) is 7.19. The number of likely N-dealkylation sites (tertiary alicyclic amines) is 1. The molecule has 1 aliphatic heterocycles. The van der Waals surface area contributed by atoms with Crippen LogP contribution in [0.1, 0.15) is 47.0 Å². The Hall–Kier alpha value is -0.810. The molecule has 1 amide bonds. The van der Waals surface area contributed by atoms with Crippen LogP contribution in [0.2, 0.25) is 0 Å². The number of rotatable bonds is 6. The van der Waals surface area contributed by atoms with Crippen LogP contribution in [0, 0.1) is 11.8 Å². The molecule has 1 fully saturated rings. The van der Waals surface area contributed by atoms with Crippen molar-refractivity contribution in [2.24, 2.45) is 11.8 Å². The molecule has 124 valence electrons. The third-order valence-electron chi connectivity index (χ3n) is 3.81. The van der Waals surface area contributed by atoms with Crippen LogP contribution in [0.25, 0.3) is 0 Å². The number of amides is 1. The van der Waals surface area contributed by atoms with Crippen molar-refractivity contribution in [3.8, 4) is 0 Å². The molecule has 1 atom stereocenters. The first-order valence-electron chi connectivity index (χ1n) is 8.11. The van der Waals surface area contributed by atoms with Gasteiger partial charge in [0.2, 0.25) is 0 Å². The number of aliphatic hydroxyl groups is 1. The SMILES string of the molecule is CC(CCO)CNCC1CCN(C(=O)OC(C)(C)C)CC1.